The molecule has 26 heavy (non-hydrogen) atoms. The maximum atomic E-state index is 10.4. The Labute approximate surface area is 162 Å². The van der Waals surface area contributed by atoms with Gasteiger partial charge in [0.2, 0.25) is 0 Å². The van der Waals surface area contributed by atoms with E-state index in [-0.39, 0.29) is 0 Å². The first kappa shape index (κ1) is 24.4. The lowest BCUT2D eigenvalue weighted by Gasteiger charge is -2.03. The fraction of sp³-hybridized carbons (Fsp3) is 0.560. The summed E-state index contributed by atoms with van der Waals surface area (Å²) in [6, 6.07) is 0. The van der Waals surface area contributed by atoms with Gasteiger partial charge in [-0.2, -0.15) is 0 Å². The van der Waals surface area contributed by atoms with Gasteiger partial charge in [-0.1, -0.05) is 52.2 Å². The third-order valence-electron chi connectivity index (χ3n) is 4.54. The highest BCUT2D eigenvalue weighted by Gasteiger charge is 1.94. The Kier molecular flexibility index (Phi) is 14.6. The highest BCUT2D eigenvalue weighted by Crippen LogP contribution is 2.14. The molecular formula is C25H40O. The molecule has 0 radical (unpaired) electrons. The molecule has 0 aromatic heterocycles. The molecular weight excluding hydrogens is 316 g/mol. The van der Waals surface area contributed by atoms with E-state index in [1.165, 1.54) is 35.1 Å². The first-order chi connectivity index (χ1) is 12.3. The summed E-state index contributed by atoms with van der Waals surface area (Å²) < 4.78 is 0. The van der Waals surface area contributed by atoms with E-state index in [9.17, 15) is 4.79 Å². The first-order valence-corrected chi connectivity index (χ1v) is 10.1. The summed E-state index contributed by atoms with van der Waals surface area (Å²) in [7, 11) is 0. The Morgan fingerprint density at radius 1 is 0.538 bits per heavy atom. The highest BCUT2D eigenvalue weighted by molar-refractivity contribution is 5.65. The molecule has 0 aliphatic rings. The smallest absolute Gasteiger partial charge is 0.142 e. The van der Waals surface area contributed by atoms with Crippen LogP contribution >= 0.6 is 0 Å². The van der Waals surface area contributed by atoms with Crippen LogP contribution in [0.2, 0.25) is 0 Å². The Hall–Kier alpha value is -1.63. The van der Waals surface area contributed by atoms with Crippen molar-refractivity contribution in [1.29, 1.82) is 0 Å². The Morgan fingerprint density at radius 2 is 0.885 bits per heavy atom. The van der Waals surface area contributed by atoms with Gasteiger partial charge in [0, 0.05) is 0 Å². The molecule has 0 heterocycles. The van der Waals surface area contributed by atoms with Crippen molar-refractivity contribution in [3.63, 3.8) is 0 Å². The Balaban J connectivity index is 4.04. The minimum atomic E-state index is 0.874. The van der Waals surface area contributed by atoms with Gasteiger partial charge in [0.1, 0.15) is 6.29 Å². The largest absolute Gasteiger partial charge is 0.299 e. The fourth-order valence-corrected chi connectivity index (χ4v) is 2.73. The summed E-state index contributed by atoms with van der Waals surface area (Å²) in [4.78, 5) is 10.4. The van der Waals surface area contributed by atoms with Gasteiger partial charge < -0.3 is 0 Å². The number of carbonyl (C=O) groups is 1. The van der Waals surface area contributed by atoms with Gasteiger partial charge in [-0.05, 0) is 99.0 Å². The van der Waals surface area contributed by atoms with Crippen molar-refractivity contribution in [3.05, 3.63) is 58.2 Å². The predicted octanol–water partition coefficient (Wildman–Crippen LogP) is 8.06. The van der Waals surface area contributed by atoms with E-state index in [4.69, 9.17) is 0 Å². The predicted molar refractivity (Wildman–Crippen MR) is 117 cm³/mol. The van der Waals surface area contributed by atoms with Crippen molar-refractivity contribution >= 4 is 6.29 Å². The third-order valence-corrected chi connectivity index (χ3v) is 4.54. The molecule has 0 saturated carbocycles. The zero-order chi connectivity index (χ0) is 19.8. The quantitative estimate of drug-likeness (QED) is 0.185. The van der Waals surface area contributed by atoms with E-state index in [0.717, 1.165) is 50.4 Å². The molecule has 0 amide bonds. The molecule has 0 aliphatic heterocycles. The summed E-state index contributed by atoms with van der Waals surface area (Å²) in [5.74, 6) is 0. The lowest BCUT2D eigenvalue weighted by molar-refractivity contribution is -0.104. The molecule has 0 rings (SSSR count). The van der Waals surface area contributed by atoms with Gasteiger partial charge in [0.15, 0.2) is 0 Å². The van der Waals surface area contributed by atoms with Crippen LogP contribution in [-0.2, 0) is 4.79 Å². The average Bonchev–Trinajstić information content (AvgIpc) is 2.54. The second kappa shape index (κ2) is 15.6. The molecule has 0 saturated heterocycles. The Morgan fingerprint density at radius 3 is 1.23 bits per heavy atom. The van der Waals surface area contributed by atoms with Crippen LogP contribution in [0.4, 0.5) is 0 Å². The molecule has 0 spiro atoms. The number of rotatable bonds is 13. The van der Waals surface area contributed by atoms with Gasteiger partial charge in [0.05, 0.1) is 0 Å². The third kappa shape index (κ3) is 15.9. The number of hydrogen-bond donors (Lipinski definition) is 0. The van der Waals surface area contributed by atoms with Crippen LogP contribution in [0, 0.1) is 0 Å². The molecule has 0 aliphatic carbocycles. The summed E-state index contributed by atoms with van der Waals surface area (Å²) in [5, 5.41) is 0. The second-order valence-electron chi connectivity index (χ2n) is 7.74. The Bertz CT molecular complexity index is 549. The zero-order valence-corrected chi connectivity index (χ0v) is 18.0. The van der Waals surface area contributed by atoms with E-state index in [1.807, 2.05) is 6.92 Å². The first-order valence-electron chi connectivity index (χ1n) is 10.1. The van der Waals surface area contributed by atoms with Crippen LogP contribution in [-0.4, -0.2) is 6.29 Å². The molecule has 146 valence electrons. The van der Waals surface area contributed by atoms with Crippen molar-refractivity contribution in [1.82, 2.24) is 0 Å². The van der Waals surface area contributed by atoms with E-state index in [1.54, 1.807) is 6.08 Å². The standard InChI is InChI=1S/C25H40O/c1-21(2)11-7-12-22(3)13-8-14-23(4)15-9-16-24(5)17-10-18-25(6)19-20-26/h11,13,15,17,19-20H,7-10,12,14,16,18H2,1-6H3. The second-order valence-corrected chi connectivity index (χ2v) is 7.74. The zero-order valence-electron chi connectivity index (χ0n) is 18.0. The van der Waals surface area contributed by atoms with Crippen LogP contribution in [0.1, 0.15) is 92.9 Å². The molecule has 0 bridgehead atoms. The van der Waals surface area contributed by atoms with Crippen LogP contribution in [0.25, 0.3) is 0 Å². The van der Waals surface area contributed by atoms with Crippen molar-refractivity contribution in [3.8, 4) is 0 Å². The number of hydrogen-bond acceptors (Lipinski definition) is 1. The summed E-state index contributed by atoms with van der Waals surface area (Å²) in [6.45, 7) is 13.0. The molecule has 0 aromatic carbocycles. The molecule has 0 aromatic rings. The normalized spacial score (nSPS) is 13.8. The molecule has 0 unspecified atom stereocenters. The average molecular weight is 357 g/mol. The minimum Gasteiger partial charge on any atom is -0.299 e. The van der Waals surface area contributed by atoms with Gasteiger partial charge in [0.25, 0.3) is 0 Å². The van der Waals surface area contributed by atoms with Crippen molar-refractivity contribution in [2.75, 3.05) is 0 Å². The summed E-state index contributed by atoms with van der Waals surface area (Å²) in [6.07, 6.45) is 20.9. The van der Waals surface area contributed by atoms with Crippen LogP contribution in [0.3, 0.4) is 0 Å². The topological polar surface area (TPSA) is 17.1 Å². The van der Waals surface area contributed by atoms with E-state index < -0.39 is 0 Å². The highest BCUT2D eigenvalue weighted by atomic mass is 16.1. The van der Waals surface area contributed by atoms with Gasteiger partial charge in [-0.15, -0.1) is 0 Å². The lowest BCUT2D eigenvalue weighted by Crippen LogP contribution is -1.83. The molecule has 1 nitrogen and oxygen atoms in total. The minimum absolute atomic E-state index is 0.874. The van der Waals surface area contributed by atoms with Crippen molar-refractivity contribution in [2.24, 2.45) is 0 Å². The number of aldehydes is 1. The van der Waals surface area contributed by atoms with Crippen molar-refractivity contribution in [2.45, 2.75) is 92.9 Å². The van der Waals surface area contributed by atoms with Crippen LogP contribution in [0.15, 0.2) is 58.2 Å². The maximum Gasteiger partial charge on any atom is 0.142 e. The number of carbonyl (C=O) groups excluding carboxylic acids is 1. The van der Waals surface area contributed by atoms with Gasteiger partial charge >= 0.3 is 0 Å². The molecule has 0 atom stereocenters. The molecule has 1 heteroatoms. The van der Waals surface area contributed by atoms with Crippen LogP contribution in [0.5, 0.6) is 0 Å². The number of allylic oxidation sites excluding steroid dienone is 10. The summed E-state index contributed by atoms with van der Waals surface area (Å²) in [5.41, 5.74) is 7.02. The fourth-order valence-electron chi connectivity index (χ4n) is 2.73. The molecule has 0 N–H and O–H groups in total. The van der Waals surface area contributed by atoms with E-state index in [2.05, 4.69) is 58.9 Å². The van der Waals surface area contributed by atoms with Crippen LogP contribution < -0.4 is 0 Å². The monoisotopic (exact) mass is 356 g/mol. The van der Waals surface area contributed by atoms with E-state index in [0.29, 0.717) is 0 Å². The maximum absolute atomic E-state index is 10.4. The lowest BCUT2D eigenvalue weighted by atomic mass is 10.0. The van der Waals surface area contributed by atoms with Gasteiger partial charge in [-0.3, -0.25) is 4.79 Å². The molecule has 0 fully saturated rings. The van der Waals surface area contributed by atoms with Gasteiger partial charge in [-0.25, -0.2) is 0 Å². The SMILES string of the molecule is CC(C)=CCCC(C)=CCCC(C)=CCCC(C)=CCCC(C)=CC=O. The van der Waals surface area contributed by atoms with E-state index >= 15 is 0 Å². The summed E-state index contributed by atoms with van der Waals surface area (Å²) >= 11 is 0. The van der Waals surface area contributed by atoms with Crippen molar-refractivity contribution < 1.29 is 4.79 Å².